The zero-order valence-corrected chi connectivity index (χ0v) is 20.0. The number of carbonyl (C=O) groups excluding carboxylic acids is 1. The number of halogens is 3. The van der Waals surface area contributed by atoms with Crippen molar-refractivity contribution < 1.29 is 18.0 Å². The number of rotatable bonds is 5. The van der Waals surface area contributed by atoms with Crippen molar-refractivity contribution in [1.29, 1.82) is 0 Å². The Morgan fingerprint density at radius 2 is 1.73 bits per heavy atom. The molecule has 1 aliphatic rings. The first-order valence-electron chi connectivity index (χ1n) is 11.9. The predicted molar refractivity (Wildman–Crippen MR) is 134 cm³/mol. The Hall–Kier alpha value is -4.05. The Balaban J connectivity index is 1.51. The van der Waals surface area contributed by atoms with Gasteiger partial charge in [0.05, 0.1) is 27.7 Å². The molecule has 0 spiro atoms. The molecule has 1 N–H and O–H groups in total. The molecular formula is C27H24F3N5O2. The van der Waals surface area contributed by atoms with Crippen LogP contribution in [-0.2, 0) is 19.8 Å². The summed E-state index contributed by atoms with van der Waals surface area (Å²) in [6.07, 6.45) is -2.23. The standard InChI is InChI=1S/C27H24F3N5O2/c1-34-24(17-7-4-8-18(15-17)27(28,29)30)33-23-20(10-6-11-21(23)26(34)37)25(36)32-22-12-5-9-19(31-22)16-35-13-2-3-14-35/h4-12,15H,2-3,13-14,16H2,1H3,(H,31,32,36). The third kappa shape index (κ3) is 5.10. The highest BCUT2D eigenvalue weighted by atomic mass is 19.4. The number of para-hydroxylation sites is 1. The van der Waals surface area contributed by atoms with Crippen molar-refractivity contribution in [3.05, 3.63) is 87.8 Å². The summed E-state index contributed by atoms with van der Waals surface area (Å²) in [7, 11) is 1.44. The van der Waals surface area contributed by atoms with Crippen LogP contribution in [0.5, 0.6) is 0 Å². The van der Waals surface area contributed by atoms with Crippen molar-refractivity contribution in [3.63, 3.8) is 0 Å². The van der Waals surface area contributed by atoms with E-state index in [4.69, 9.17) is 0 Å². The lowest BCUT2D eigenvalue weighted by molar-refractivity contribution is -0.137. The topological polar surface area (TPSA) is 80.1 Å². The van der Waals surface area contributed by atoms with Gasteiger partial charge in [-0.25, -0.2) is 9.97 Å². The second kappa shape index (κ2) is 9.78. The third-order valence-corrected chi connectivity index (χ3v) is 6.43. The molecule has 1 fully saturated rings. The molecule has 1 aliphatic heterocycles. The largest absolute Gasteiger partial charge is 0.416 e. The minimum Gasteiger partial charge on any atom is -0.306 e. The summed E-state index contributed by atoms with van der Waals surface area (Å²) in [5, 5.41) is 2.95. The summed E-state index contributed by atoms with van der Waals surface area (Å²) < 4.78 is 41.0. The minimum atomic E-state index is -4.55. The average molecular weight is 508 g/mol. The number of aromatic nitrogens is 3. The number of benzene rings is 2. The second-order valence-electron chi connectivity index (χ2n) is 9.03. The summed E-state index contributed by atoms with van der Waals surface area (Å²) in [6, 6.07) is 14.6. The van der Waals surface area contributed by atoms with E-state index in [0.29, 0.717) is 12.4 Å². The van der Waals surface area contributed by atoms with E-state index >= 15 is 0 Å². The number of alkyl halides is 3. The molecule has 0 radical (unpaired) electrons. The molecule has 5 rings (SSSR count). The van der Waals surface area contributed by atoms with Gasteiger partial charge in [0.1, 0.15) is 11.6 Å². The van der Waals surface area contributed by atoms with E-state index in [1.54, 1.807) is 12.1 Å². The minimum absolute atomic E-state index is 0.0228. The zero-order valence-electron chi connectivity index (χ0n) is 20.0. The lowest BCUT2D eigenvalue weighted by atomic mass is 10.1. The van der Waals surface area contributed by atoms with Crippen LogP contribution >= 0.6 is 0 Å². The lowest BCUT2D eigenvalue weighted by Crippen LogP contribution is -2.23. The van der Waals surface area contributed by atoms with E-state index in [0.717, 1.165) is 43.8 Å². The molecule has 0 atom stereocenters. The van der Waals surface area contributed by atoms with Crippen LogP contribution in [0.25, 0.3) is 22.3 Å². The molecular weight excluding hydrogens is 483 g/mol. The van der Waals surface area contributed by atoms with E-state index in [2.05, 4.69) is 20.2 Å². The molecule has 0 aliphatic carbocycles. The van der Waals surface area contributed by atoms with Crippen LogP contribution in [0.1, 0.15) is 34.5 Å². The molecule has 0 unspecified atom stereocenters. The Morgan fingerprint density at radius 3 is 2.49 bits per heavy atom. The van der Waals surface area contributed by atoms with Gasteiger partial charge < -0.3 is 5.32 Å². The molecule has 2 aromatic carbocycles. The van der Waals surface area contributed by atoms with Crippen molar-refractivity contribution in [1.82, 2.24) is 19.4 Å². The molecule has 1 amide bonds. The monoisotopic (exact) mass is 507 g/mol. The van der Waals surface area contributed by atoms with Crippen LogP contribution in [-0.4, -0.2) is 38.4 Å². The van der Waals surface area contributed by atoms with Crippen molar-refractivity contribution in [2.24, 2.45) is 7.05 Å². The Bertz CT molecular complexity index is 1540. The van der Waals surface area contributed by atoms with Gasteiger partial charge >= 0.3 is 6.18 Å². The van der Waals surface area contributed by atoms with Crippen LogP contribution < -0.4 is 10.9 Å². The summed E-state index contributed by atoms with van der Waals surface area (Å²) >= 11 is 0. The molecule has 1 saturated heterocycles. The second-order valence-corrected chi connectivity index (χ2v) is 9.03. The van der Waals surface area contributed by atoms with Gasteiger partial charge in [-0.1, -0.05) is 24.3 Å². The smallest absolute Gasteiger partial charge is 0.306 e. The lowest BCUT2D eigenvalue weighted by Gasteiger charge is -2.15. The van der Waals surface area contributed by atoms with Gasteiger partial charge in [-0.2, -0.15) is 13.2 Å². The maximum Gasteiger partial charge on any atom is 0.416 e. The fraction of sp³-hybridized carbons (Fsp3) is 0.259. The van der Waals surface area contributed by atoms with Gasteiger partial charge in [-0.15, -0.1) is 0 Å². The number of fused-ring (bicyclic) bond motifs is 1. The van der Waals surface area contributed by atoms with E-state index in [-0.39, 0.29) is 27.9 Å². The zero-order chi connectivity index (χ0) is 26.2. The van der Waals surface area contributed by atoms with Gasteiger partial charge in [0.2, 0.25) is 0 Å². The molecule has 3 heterocycles. The van der Waals surface area contributed by atoms with Crippen LogP contribution in [0.2, 0.25) is 0 Å². The first-order valence-corrected chi connectivity index (χ1v) is 11.9. The highest BCUT2D eigenvalue weighted by molar-refractivity contribution is 6.11. The highest BCUT2D eigenvalue weighted by Crippen LogP contribution is 2.32. The predicted octanol–water partition coefficient (Wildman–Crippen LogP) is 4.86. The normalized spacial score (nSPS) is 14.3. The number of nitrogens with zero attached hydrogens (tertiary/aromatic N) is 4. The number of nitrogens with one attached hydrogen (secondary N) is 1. The van der Waals surface area contributed by atoms with Crippen molar-refractivity contribution in [3.8, 4) is 11.4 Å². The Morgan fingerprint density at radius 1 is 1.00 bits per heavy atom. The quantitative estimate of drug-likeness (QED) is 0.417. The van der Waals surface area contributed by atoms with E-state index in [1.807, 2.05) is 12.1 Å². The molecule has 0 saturated carbocycles. The average Bonchev–Trinajstić information content (AvgIpc) is 3.38. The van der Waals surface area contributed by atoms with Crippen molar-refractivity contribution in [2.75, 3.05) is 18.4 Å². The van der Waals surface area contributed by atoms with E-state index in [1.165, 1.54) is 35.9 Å². The van der Waals surface area contributed by atoms with Crippen LogP contribution in [0.4, 0.5) is 19.0 Å². The number of likely N-dealkylation sites (tertiary alicyclic amines) is 1. The van der Waals surface area contributed by atoms with E-state index in [9.17, 15) is 22.8 Å². The summed E-state index contributed by atoms with van der Waals surface area (Å²) in [5.74, 6) is -0.137. The first-order chi connectivity index (χ1) is 17.7. The van der Waals surface area contributed by atoms with Gasteiger partial charge in [0, 0.05) is 19.2 Å². The van der Waals surface area contributed by atoms with Gasteiger partial charge in [-0.3, -0.25) is 19.1 Å². The Labute approximate surface area is 210 Å². The van der Waals surface area contributed by atoms with Crippen LogP contribution in [0.15, 0.2) is 65.5 Å². The summed E-state index contributed by atoms with van der Waals surface area (Å²) in [4.78, 5) is 37.7. The third-order valence-electron chi connectivity index (χ3n) is 6.43. The SMILES string of the molecule is Cn1c(-c2cccc(C(F)(F)F)c2)nc2c(C(=O)Nc3cccc(CN4CCCC4)n3)cccc2c1=O. The first kappa shape index (κ1) is 24.6. The number of hydrogen-bond donors (Lipinski definition) is 1. The molecule has 0 bridgehead atoms. The number of amides is 1. The molecule has 7 nitrogen and oxygen atoms in total. The van der Waals surface area contributed by atoms with Crippen molar-refractivity contribution in [2.45, 2.75) is 25.6 Å². The number of hydrogen-bond acceptors (Lipinski definition) is 5. The highest BCUT2D eigenvalue weighted by Gasteiger charge is 2.31. The van der Waals surface area contributed by atoms with Crippen LogP contribution in [0, 0.1) is 0 Å². The van der Waals surface area contributed by atoms with Gasteiger partial charge in [-0.05, 0) is 62.3 Å². The Kier molecular flexibility index (Phi) is 6.51. The maximum atomic E-state index is 13.3. The molecule has 4 aromatic rings. The number of carbonyl (C=O) groups is 1. The van der Waals surface area contributed by atoms with E-state index < -0.39 is 23.2 Å². The fourth-order valence-corrected chi connectivity index (χ4v) is 4.56. The van der Waals surface area contributed by atoms with Gasteiger partial charge in [0.25, 0.3) is 11.5 Å². The molecule has 10 heteroatoms. The fourth-order valence-electron chi connectivity index (χ4n) is 4.56. The molecule has 2 aromatic heterocycles. The number of pyridine rings is 1. The summed E-state index contributed by atoms with van der Waals surface area (Å²) in [6.45, 7) is 2.72. The van der Waals surface area contributed by atoms with Crippen LogP contribution in [0.3, 0.4) is 0 Å². The maximum absolute atomic E-state index is 13.3. The van der Waals surface area contributed by atoms with Crippen molar-refractivity contribution >= 4 is 22.6 Å². The molecule has 37 heavy (non-hydrogen) atoms. The summed E-state index contributed by atoms with van der Waals surface area (Å²) in [5.41, 5.74) is -0.166. The molecule has 190 valence electrons. The number of anilines is 1. The van der Waals surface area contributed by atoms with Gasteiger partial charge in [0.15, 0.2) is 0 Å².